The van der Waals surface area contributed by atoms with Gasteiger partial charge in [-0.15, -0.1) is 0 Å². The SMILES string of the molecule is OB(O)C1CCCCCCCCCCCCCCCCCCC1. The van der Waals surface area contributed by atoms with Crippen LogP contribution in [-0.4, -0.2) is 17.2 Å². The zero-order chi connectivity index (χ0) is 16.6. The van der Waals surface area contributed by atoms with Gasteiger partial charge in [-0.2, -0.15) is 0 Å². The van der Waals surface area contributed by atoms with Gasteiger partial charge < -0.3 is 10.0 Å². The number of hydrogen-bond acceptors (Lipinski definition) is 2. The summed E-state index contributed by atoms with van der Waals surface area (Å²) in [7, 11) is -1.10. The summed E-state index contributed by atoms with van der Waals surface area (Å²) in [6.07, 6.45) is 25.1. The van der Waals surface area contributed by atoms with Crippen LogP contribution in [0.25, 0.3) is 0 Å². The predicted molar refractivity (Wildman–Crippen MR) is 102 cm³/mol. The van der Waals surface area contributed by atoms with Crippen molar-refractivity contribution in [1.29, 1.82) is 0 Å². The molecule has 1 fully saturated rings. The second-order valence-electron chi connectivity index (χ2n) is 7.76. The predicted octanol–water partition coefficient (Wildman–Crippen LogP) is 6.25. The Balaban J connectivity index is 2.20. The molecule has 0 heterocycles. The summed E-state index contributed by atoms with van der Waals surface area (Å²) in [6.45, 7) is 0. The van der Waals surface area contributed by atoms with Crippen LogP contribution >= 0.6 is 0 Å². The van der Waals surface area contributed by atoms with E-state index in [-0.39, 0.29) is 5.82 Å². The van der Waals surface area contributed by atoms with E-state index in [1.165, 1.54) is 109 Å². The van der Waals surface area contributed by atoms with Crippen LogP contribution in [0.1, 0.15) is 122 Å². The van der Waals surface area contributed by atoms with Crippen molar-refractivity contribution in [2.24, 2.45) is 0 Å². The van der Waals surface area contributed by atoms with Crippen molar-refractivity contribution in [2.45, 2.75) is 128 Å². The Labute approximate surface area is 145 Å². The number of rotatable bonds is 1. The van der Waals surface area contributed by atoms with Crippen LogP contribution in [-0.2, 0) is 0 Å². The van der Waals surface area contributed by atoms with Gasteiger partial charge in [-0.3, -0.25) is 0 Å². The van der Waals surface area contributed by atoms with E-state index in [1.54, 1.807) is 0 Å². The minimum Gasteiger partial charge on any atom is -0.427 e. The molecule has 2 nitrogen and oxygen atoms in total. The van der Waals surface area contributed by atoms with E-state index in [1.807, 2.05) is 0 Å². The fourth-order valence-corrected chi connectivity index (χ4v) is 3.91. The van der Waals surface area contributed by atoms with Gasteiger partial charge in [0.25, 0.3) is 0 Å². The van der Waals surface area contributed by atoms with Gasteiger partial charge >= 0.3 is 7.12 Å². The standard InChI is InChI=1S/C20H41BO2/c22-21(23)20-18-16-14-12-10-8-6-4-2-1-3-5-7-9-11-13-15-17-19-20/h20,22-23H,1-19H2. The lowest BCUT2D eigenvalue weighted by Gasteiger charge is -2.15. The van der Waals surface area contributed by atoms with Gasteiger partial charge in [0.15, 0.2) is 0 Å². The molecule has 0 amide bonds. The highest BCUT2D eigenvalue weighted by Crippen LogP contribution is 2.25. The lowest BCUT2D eigenvalue weighted by molar-refractivity contribution is 0.364. The molecule has 0 aliphatic heterocycles. The van der Waals surface area contributed by atoms with Crippen molar-refractivity contribution in [3.63, 3.8) is 0 Å². The highest BCUT2D eigenvalue weighted by molar-refractivity contribution is 6.43. The Kier molecular flexibility index (Phi) is 14.2. The molecule has 1 saturated carbocycles. The smallest absolute Gasteiger partial charge is 0.427 e. The van der Waals surface area contributed by atoms with E-state index in [0.717, 1.165) is 12.8 Å². The molecule has 0 unspecified atom stereocenters. The first-order chi connectivity index (χ1) is 11.3. The lowest BCUT2D eigenvalue weighted by atomic mass is 9.67. The van der Waals surface area contributed by atoms with Gasteiger partial charge in [0.05, 0.1) is 0 Å². The fraction of sp³-hybridized carbons (Fsp3) is 1.00. The Morgan fingerprint density at radius 3 is 0.826 bits per heavy atom. The summed E-state index contributed by atoms with van der Waals surface area (Å²) in [5, 5.41) is 19.1. The first kappa shape index (κ1) is 21.0. The lowest BCUT2D eigenvalue weighted by Crippen LogP contribution is -2.20. The van der Waals surface area contributed by atoms with Gasteiger partial charge in [-0.1, -0.05) is 122 Å². The largest absolute Gasteiger partial charge is 0.454 e. The molecule has 2 N–H and O–H groups in total. The van der Waals surface area contributed by atoms with Crippen molar-refractivity contribution in [2.75, 3.05) is 0 Å². The van der Waals surface area contributed by atoms with Crippen molar-refractivity contribution in [3.05, 3.63) is 0 Å². The topological polar surface area (TPSA) is 40.5 Å². The van der Waals surface area contributed by atoms with Crippen LogP contribution in [0.2, 0.25) is 5.82 Å². The molecule has 0 aromatic rings. The second kappa shape index (κ2) is 15.5. The molecule has 23 heavy (non-hydrogen) atoms. The third-order valence-electron chi connectivity index (χ3n) is 5.57. The van der Waals surface area contributed by atoms with Gasteiger partial charge in [0.1, 0.15) is 0 Å². The zero-order valence-corrected chi connectivity index (χ0v) is 15.5. The van der Waals surface area contributed by atoms with E-state index in [9.17, 15) is 10.0 Å². The summed E-state index contributed by atoms with van der Waals surface area (Å²) in [5.41, 5.74) is 0. The maximum absolute atomic E-state index is 9.55. The van der Waals surface area contributed by atoms with Gasteiger partial charge in [0.2, 0.25) is 0 Å². The fourth-order valence-electron chi connectivity index (χ4n) is 3.91. The molecular weight excluding hydrogens is 283 g/mol. The van der Waals surface area contributed by atoms with Crippen molar-refractivity contribution in [3.8, 4) is 0 Å². The van der Waals surface area contributed by atoms with Crippen LogP contribution in [0.5, 0.6) is 0 Å². The van der Waals surface area contributed by atoms with Crippen LogP contribution in [0.4, 0.5) is 0 Å². The van der Waals surface area contributed by atoms with E-state index in [4.69, 9.17) is 0 Å². The Bertz CT molecular complexity index is 226. The maximum atomic E-state index is 9.55. The minimum absolute atomic E-state index is 0.112. The summed E-state index contributed by atoms with van der Waals surface area (Å²) in [5.74, 6) is 0.112. The molecule has 0 bridgehead atoms. The van der Waals surface area contributed by atoms with Gasteiger partial charge in [-0.25, -0.2) is 0 Å². The van der Waals surface area contributed by atoms with Gasteiger partial charge in [0, 0.05) is 0 Å². The van der Waals surface area contributed by atoms with Crippen LogP contribution in [0.3, 0.4) is 0 Å². The summed E-state index contributed by atoms with van der Waals surface area (Å²) < 4.78 is 0. The molecule has 0 aromatic carbocycles. The van der Waals surface area contributed by atoms with E-state index in [0.29, 0.717) is 0 Å². The molecule has 0 radical (unpaired) electrons. The molecule has 0 spiro atoms. The van der Waals surface area contributed by atoms with Crippen LogP contribution in [0, 0.1) is 0 Å². The zero-order valence-electron chi connectivity index (χ0n) is 15.5. The molecule has 0 saturated heterocycles. The third-order valence-corrected chi connectivity index (χ3v) is 5.57. The molecule has 1 aliphatic rings. The summed E-state index contributed by atoms with van der Waals surface area (Å²) in [6, 6.07) is 0. The quantitative estimate of drug-likeness (QED) is 0.559. The second-order valence-corrected chi connectivity index (χ2v) is 7.76. The molecule has 136 valence electrons. The van der Waals surface area contributed by atoms with Crippen molar-refractivity contribution >= 4 is 7.12 Å². The monoisotopic (exact) mass is 324 g/mol. The third kappa shape index (κ3) is 13.0. The van der Waals surface area contributed by atoms with Crippen molar-refractivity contribution in [1.82, 2.24) is 0 Å². The first-order valence-electron chi connectivity index (χ1n) is 10.7. The Hall–Kier alpha value is -0.0151. The maximum Gasteiger partial charge on any atom is 0.454 e. The summed E-state index contributed by atoms with van der Waals surface area (Å²) in [4.78, 5) is 0. The molecule has 3 heteroatoms. The molecule has 1 aliphatic carbocycles. The average molecular weight is 324 g/mol. The molecule has 0 atom stereocenters. The van der Waals surface area contributed by atoms with E-state index < -0.39 is 7.12 Å². The van der Waals surface area contributed by atoms with Gasteiger partial charge in [-0.05, 0) is 5.82 Å². The summed E-state index contributed by atoms with van der Waals surface area (Å²) >= 11 is 0. The van der Waals surface area contributed by atoms with Crippen molar-refractivity contribution < 1.29 is 10.0 Å². The molecule has 0 aromatic heterocycles. The van der Waals surface area contributed by atoms with Crippen LogP contribution in [0.15, 0.2) is 0 Å². The van der Waals surface area contributed by atoms with E-state index >= 15 is 0 Å². The normalized spacial score (nSPS) is 23.2. The molecule has 1 rings (SSSR count). The van der Waals surface area contributed by atoms with E-state index in [2.05, 4.69) is 0 Å². The number of hydrogen-bond donors (Lipinski definition) is 2. The minimum atomic E-state index is -1.10. The Morgan fingerprint density at radius 1 is 0.391 bits per heavy atom. The first-order valence-corrected chi connectivity index (χ1v) is 10.7. The van der Waals surface area contributed by atoms with Crippen LogP contribution < -0.4 is 0 Å². The Morgan fingerprint density at radius 2 is 0.609 bits per heavy atom. The molecular formula is C20H41BO2. The highest BCUT2D eigenvalue weighted by Gasteiger charge is 2.21. The highest BCUT2D eigenvalue weighted by atomic mass is 16.4. The average Bonchev–Trinajstić information content (AvgIpc) is 2.53.